The molecule has 0 N–H and O–H groups in total. The summed E-state index contributed by atoms with van der Waals surface area (Å²) in [7, 11) is 0. The molecule has 0 aliphatic rings. The van der Waals surface area contributed by atoms with Crippen molar-refractivity contribution >= 4 is 17.3 Å². The predicted molar refractivity (Wildman–Crippen MR) is 81.1 cm³/mol. The third kappa shape index (κ3) is 3.92. The van der Waals surface area contributed by atoms with Crippen molar-refractivity contribution in [3.63, 3.8) is 0 Å². The SMILES string of the molecule is CC(C)(C)c1ccc(Oc2cc([N+](=O)[O-])cc(Cl)n2)cc1. The van der Waals surface area contributed by atoms with Gasteiger partial charge in [0.05, 0.1) is 17.1 Å². The van der Waals surface area contributed by atoms with E-state index in [1.165, 1.54) is 17.7 Å². The largest absolute Gasteiger partial charge is 0.439 e. The van der Waals surface area contributed by atoms with Crippen LogP contribution in [0.2, 0.25) is 5.15 Å². The van der Waals surface area contributed by atoms with E-state index in [9.17, 15) is 10.1 Å². The number of hydrogen-bond acceptors (Lipinski definition) is 4. The first-order valence-corrected chi connectivity index (χ1v) is 6.74. The minimum Gasteiger partial charge on any atom is -0.439 e. The Morgan fingerprint density at radius 1 is 1.19 bits per heavy atom. The molecule has 0 aliphatic heterocycles. The molecular formula is C15H15ClN2O3. The van der Waals surface area contributed by atoms with Crippen molar-refractivity contribution in [1.29, 1.82) is 0 Å². The Morgan fingerprint density at radius 3 is 2.33 bits per heavy atom. The lowest BCUT2D eigenvalue weighted by molar-refractivity contribution is -0.385. The Kier molecular flexibility index (Phi) is 4.14. The Hall–Kier alpha value is -2.14. The number of nitrogens with zero attached hydrogens (tertiary/aromatic N) is 2. The fraction of sp³-hybridized carbons (Fsp3) is 0.267. The van der Waals surface area contributed by atoms with Crippen LogP contribution in [0.15, 0.2) is 36.4 Å². The van der Waals surface area contributed by atoms with Crippen molar-refractivity contribution in [1.82, 2.24) is 4.98 Å². The molecule has 0 saturated carbocycles. The molecule has 0 aliphatic carbocycles. The highest BCUT2D eigenvalue weighted by atomic mass is 35.5. The molecule has 0 radical (unpaired) electrons. The molecule has 0 fully saturated rings. The molecule has 0 spiro atoms. The van der Waals surface area contributed by atoms with Crippen LogP contribution < -0.4 is 4.74 Å². The lowest BCUT2D eigenvalue weighted by atomic mass is 9.87. The highest BCUT2D eigenvalue weighted by Gasteiger charge is 2.14. The van der Waals surface area contributed by atoms with Gasteiger partial charge >= 0.3 is 0 Å². The first kappa shape index (κ1) is 15.3. The zero-order valence-electron chi connectivity index (χ0n) is 12.0. The molecule has 1 heterocycles. The number of hydrogen-bond donors (Lipinski definition) is 0. The van der Waals surface area contributed by atoms with Crippen molar-refractivity contribution in [3.8, 4) is 11.6 Å². The van der Waals surface area contributed by atoms with E-state index < -0.39 is 4.92 Å². The van der Waals surface area contributed by atoms with Gasteiger partial charge in [-0.15, -0.1) is 0 Å². The van der Waals surface area contributed by atoms with Gasteiger partial charge in [-0.3, -0.25) is 10.1 Å². The van der Waals surface area contributed by atoms with Crippen molar-refractivity contribution < 1.29 is 9.66 Å². The molecule has 5 nitrogen and oxygen atoms in total. The molecule has 0 atom stereocenters. The monoisotopic (exact) mass is 306 g/mol. The van der Waals surface area contributed by atoms with Gasteiger partial charge in [0, 0.05) is 0 Å². The molecule has 0 amide bonds. The summed E-state index contributed by atoms with van der Waals surface area (Å²) in [5, 5.41) is 10.8. The van der Waals surface area contributed by atoms with Crippen molar-refractivity contribution in [2.45, 2.75) is 26.2 Å². The third-order valence-corrected chi connectivity index (χ3v) is 3.10. The van der Waals surface area contributed by atoms with E-state index in [1.54, 1.807) is 12.1 Å². The molecule has 110 valence electrons. The quantitative estimate of drug-likeness (QED) is 0.467. The standard InChI is InChI=1S/C15H15ClN2O3/c1-15(2,3)10-4-6-12(7-5-10)21-14-9-11(18(19)20)8-13(16)17-14/h4-9H,1-3H3. The number of ether oxygens (including phenoxy) is 1. The topological polar surface area (TPSA) is 65.3 Å². The van der Waals surface area contributed by atoms with E-state index in [0.717, 1.165) is 0 Å². The number of nitro groups is 1. The van der Waals surface area contributed by atoms with Gasteiger partial charge in [0.1, 0.15) is 10.9 Å². The smallest absolute Gasteiger partial charge is 0.277 e. The van der Waals surface area contributed by atoms with Crippen LogP contribution in [0, 0.1) is 10.1 Å². The number of halogens is 1. The minimum absolute atomic E-state index is 0.0190. The fourth-order valence-corrected chi connectivity index (χ4v) is 1.96. The summed E-state index contributed by atoms with van der Waals surface area (Å²) in [5.74, 6) is 0.643. The average Bonchev–Trinajstić information content (AvgIpc) is 2.37. The summed E-state index contributed by atoms with van der Waals surface area (Å²) in [5.41, 5.74) is 1.06. The third-order valence-electron chi connectivity index (χ3n) is 2.91. The summed E-state index contributed by atoms with van der Waals surface area (Å²) >= 11 is 5.75. The molecule has 0 saturated heterocycles. The maximum Gasteiger partial charge on any atom is 0.277 e. The average molecular weight is 307 g/mol. The van der Waals surface area contributed by atoms with Gasteiger partial charge in [0.25, 0.3) is 5.69 Å². The second-order valence-electron chi connectivity index (χ2n) is 5.62. The fourth-order valence-electron chi connectivity index (χ4n) is 1.76. The number of aromatic nitrogens is 1. The number of rotatable bonds is 3. The molecule has 0 unspecified atom stereocenters. The van der Waals surface area contributed by atoms with Crippen molar-refractivity contribution in [3.05, 3.63) is 57.2 Å². The molecular weight excluding hydrogens is 292 g/mol. The van der Waals surface area contributed by atoms with E-state index in [1.807, 2.05) is 12.1 Å². The summed E-state index contributed by atoms with van der Waals surface area (Å²) < 4.78 is 5.52. The van der Waals surface area contributed by atoms with Crippen LogP contribution in [0.25, 0.3) is 0 Å². The molecule has 6 heteroatoms. The highest BCUT2D eigenvalue weighted by Crippen LogP contribution is 2.28. The second kappa shape index (κ2) is 5.69. The van der Waals surface area contributed by atoms with E-state index in [2.05, 4.69) is 25.8 Å². The minimum atomic E-state index is -0.539. The molecule has 2 aromatic rings. The zero-order valence-corrected chi connectivity index (χ0v) is 12.7. The summed E-state index contributed by atoms with van der Waals surface area (Å²) in [6.07, 6.45) is 0. The van der Waals surface area contributed by atoms with Crippen LogP contribution in [-0.2, 0) is 5.41 Å². The summed E-state index contributed by atoms with van der Waals surface area (Å²) in [4.78, 5) is 14.2. The van der Waals surface area contributed by atoms with E-state index in [0.29, 0.717) is 5.75 Å². The van der Waals surface area contributed by atoms with E-state index >= 15 is 0 Å². The van der Waals surface area contributed by atoms with Crippen LogP contribution in [0.4, 0.5) is 5.69 Å². The van der Waals surface area contributed by atoms with Crippen LogP contribution in [-0.4, -0.2) is 9.91 Å². The maximum absolute atomic E-state index is 10.8. The molecule has 2 rings (SSSR count). The van der Waals surface area contributed by atoms with Crippen LogP contribution >= 0.6 is 11.6 Å². The zero-order chi connectivity index (χ0) is 15.6. The Balaban J connectivity index is 2.24. The Morgan fingerprint density at radius 2 is 1.81 bits per heavy atom. The predicted octanol–water partition coefficient (Wildman–Crippen LogP) is 4.73. The van der Waals surface area contributed by atoms with Gasteiger partial charge in [0.15, 0.2) is 0 Å². The van der Waals surface area contributed by atoms with Gasteiger partial charge in [-0.1, -0.05) is 44.5 Å². The van der Waals surface area contributed by atoms with Gasteiger partial charge in [-0.05, 0) is 23.1 Å². The highest BCUT2D eigenvalue weighted by molar-refractivity contribution is 6.29. The van der Waals surface area contributed by atoms with Crippen LogP contribution in [0.5, 0.6) is 11.6 Å². The van der Waals surface area contributed by atoms with E-state index in [4.69, 9.17) is 16.3 Å². The molecule has 1 aromatic carbocycles. The van der Waals surface area contributed by atoms with Gasteiger partial charge in [0.2, 0.25) is 5.88 Å². The lowest BCUT2D eigenvalue weighted by Gasteiger charge is -2.19. The Labute approximate surface area is 127 Å². The molecule has 1 aromatic heterocycles. The van der Waals surface area contributed by atoms with Gasteiger partial charge in [-0.2, -0.15) is 0 Å². The van der Waals surface area contributed by atoms with Crippen molar-refractivity contribution in [2.75, 3.05) is 0 Å². The second-order valence-corrected chi connectivity index (χ2v) is 6.01. The van der Waals surface area contributed by atoms with Crippen molar-refractivity contribution in [2.24, 2.45) is 0 Å². The number of pyridine rings is 1. The van der Waals surface area contributed by atoms with E-state index in [-0.39, 0.29) is 22.1 Å². The maximum atomic E-state index is 10.8. The summed E-state index contributed by atoms with van der Waals surface area (Å²) in [6, 6.07) is 9.92. The normalized spacial score (nSPS) is 11.2. The lowest BCUT2D eigenvalue weighted by Crippen LogP contribution is -2.10. The first-order chi connectivity index (χ1) is 9.75. The first-order valence-electron chi connectivity index (χ1n) is 6.36. The summed E-state index contributed by atoms with van der Waals surface area (Å²) in [6.45, 7) is 6.35. The van der Waals surface area contributed by atoms with Crippen LogP contribution in [0.1, 0.15) is 26.3 Å². The molecule has 21 heavy (non-hydrogen) atoms. The molecule has 0 bridgehead atoms. The van der Waals surface area contributed by atoms with Crippen LogP contribution in [0.3, 0.4) is 0 Å². The van der Waals surface area contributed by atoms with Gasteiger partial charge in [-0.25, -0.2) is 4.98 Å². The Bertz CT molecular complexity index is 664. The number of benzene rings is 1. The van der Waals surface area contributed by atoms with Gasteiger partial charge < -0.3 is 4.74 Å².